The Labute approximate surface area is 133 Å². The van der Waals surface area contributed by atoms with E-state index in [9.17, 15) is 17.6 Å². The number of allylic oxidation sites excluding steroid dienone is 1. The third-order valence-electron chi connectivity index (χ3n) is 3.17. The topological polar surface area (TPSA) is 66.5 Å². The molecule has 118 valence electrons. The molecule has 1 aliphatic rings. The Morgan fingerprint density at radius 2 is 2.14 bits per heavy atom. The van der Waals surface area contributed by atoms with Crippen LogP contribution in [0, 0.1) is 5.82 Å². The maximum absolute atomic E-state index is 13.9. The van der Waals surface area contributed by atoms with Crippen molar-refractivity contribution in [1.82, 2.24) is 5.32 Å². The number of rotatable bonds is 4. The quantitative estimate of drug-likeness (QED) is 0.853. The molecule has 1 N–H and O–H groups in total. The fraction of sp³-hybridized carbons (Fsp3) is 0.214. The molecule has 0 radical (unpaired) electrons. The average molecular weight is 345 g/mol. The number of amides is 1. The van der Waals surface area contributed by atoms with Gasteiger partial charge in [0.05, 0.1) is 22.0 Å². The molecular weight excluding hydrogens is 331 g/mol. The van der Waals surface area contributed by atoms with E-state index in [4.69, 9.17) is 11.6 Å². The van der Waals surface area contributed by atoms with E-state index in [1.165, 1.54) is 12.1 Å². The molecule has 0 spiro atoms. The summed E-state index contributed by atoms with van der Waals surface area (Å²) in [5.41, 5.74) is 0.135. The summed E-state index contributed by atoms with van der Waals surface area (Å²) >= 11 is 5.81. The molecule has 0 aromatic heterocycles. The second-order valence-corrected chi connectivity index (χ2v) is 7.11. The second kappa shape index (κ2) is 6.10. The molecule has 1 aromatic carbocycles. The van der Waals surface area contributed by atoms with Crippen molar-refractivity contribution >= 4 is 33.2 Å². The molecule has 5 nitrogen and oxygen atoms in total. The van der Waals surface area contributed by atoms with E-state index in [-0.39, 0.29) is 34.3 Å². The third-order valence-corrected chi connectivity index (χ3v) is 5.42. The van der Waals surface area contributed by atoms with Gasteiger partial charge in [-0.25, -0.2) is 12.8 Å². The summed E-state index contributed by atoms with van der Waals surface area (Å²) in [7, 11) is -3.48. The summed E-state index contributed by atoms with van der Waals surface area (Å²) in [5, 5.41) is 2.00. The smallest absolute Gasteiger partial charge is 0.257 e. The predicted octanol–water partition coefficient (Wildman–Crippen LogP) is 2.45. The largest absolute Gasteiger partial charge is 0.323 e. The summed E-state index contributed by atoms with van der Waals surface area (Å²) in [5.74, 6) is -1.56. The second-order valence-electron chi connectivity index (χ2n) is 4.71. The average Bonchev–Trinajstić information content (AvgIpc) is 2.80. The fourth-order valence-corrected chi connectivity index (χ4v) is 3.82. The van der Waals surface area contributed by atoms with Gasteiger partial charge in [-0.15, -0.1) is 0 Å². The lowest BCUT2D eigenvalue weighted by atomic mass is 10.1. The number of carbonyl (C=O) groups is 1. The molecule has 2 rings (SSSR count). The summed E-state index contributed by atoms with van der Waals surface area (Å²) < 4.78 is 38.8. The Hall–Kier alpha value is -1.86. The van der Waals surface area contributed by atoms with Crippen LogP contribution in [0.1, 0.15) is 16.8 Å². The van der Waals surface area contributed by atoms with E-state index >= 15 is 0 Å². The van der Waals surface area contributed by atoms with Gasteiger partial charge in [-0.1, -0.05) is 24.8 Å². The van der Waals surface area contributed by atoms with Gasteiger partial charge in [-0.2, -0.15) is 0 Å². The minimum atomic E-state index is -3.48. The standard InChI is InChI=1S/C14H14ClFN2O3S/c1-3-9(2)17-14(19)11-7-10(8-12(16)13(11)15)18-5-4-6-22(18,20)21/h3,7-8H,1-2,4-6H2,(H,17,19). The third kappa shape index (κ3) is 3.15. The summed E-state index contributed by atoms with van der Waals surface area (Å²) in [6.07, 6.45) is 1.76. The van der Waals surface area contributed by atoms with Gasteiger partial charge in [-0.3, -0.25) is 9.10 Å². The zero-order valence-corrected chi connectivity index (χ0v) is 13.2. The van der Waals surface area contributed by atoms with Crippen LogP contribution in [0.25, 0.3) is 0 Å². The van der Waals surface area contributed by atoms with Gasteiger partial charge < -0.3 is 5.32 Å². The number of carbonyl (C=O) groups excluding carboxylic acids is 1. The molecule has 1 aliphatic heterocycles. The Balaban J connectivity index is 2.45. The number of sulfonamides is 1. The van der Waals surface area contributed by atoms with Crippen molar-refractivity contribution in [2.75, 3.05) is 16.6 Å². The van der Waals surface area contributed by atoms with Crippen molar-refractivity contribution in [3.05, 3.63) is 53.5 Å². The van der Waals surface area contributed by atoms with Crippen LogP contribution in [-0.4, -0.2) is 26.6 Å². The summed E-state index contributed by atoms with van der Waals surface area (Å²) in [6.45, 7) is 7.20. The molecule has 22 heavy (non-hydrogen) atoms. The molecule has 1 saturated heterocycles. The number of hydrogen-bond acceptors (Lipinski definition) is 3. The Morgan fingerprint density at radius 1 is 1.45 bits per heavy atom. The first kappa shape index (κ1) is 16.5. The van der Waals surface area contributed by atoms with Crippen molar-refractivity contribution in [2.45, 2.75) is 6.42 Å². The normalized spacial score (nSPS) is 16.4. The van der Waals surface area contributed by atoms with Crippen LogP contribution in [-0.2, 0) is 10.0 Å². The van der Waals surface area contributed by atoms with Crippen molar-refractivity contribution in [3.8, 4) is 0 Å². The van der Waals surface area contributed by atoms with Crippen LogP contribution in [0.5, 0.6) is 0 Å². The summed E-state index contributed by atoms with van der Waals surface area (Å²) in [4.78, 5) is 12.1. The Bertz CT molecular complexity index is 762. The zero-order valence-electron chi connectivity index (χ0n) is 11.6. The van der Waals surface area contributed by atoms with Gasteiger partial charge in [0.25, 0.3) is 5.91 Å². The van der Waals surface area contributed by atoms with Crippen LogP contribution >= 0.6 is 11.6 Å². The van der Waals surface area contributed by atoms with Gasteiger partial charge >= 0.3 is 0 Å². The molecule has 1 heterocycles. The molecule has 0 aliphatic carbocycles. The lowest BCUT2D eigenvalue weighted by Crippen LogP contribution is -2.27. The highest BCUT2D eigenvalue weighted by atomic mass is 35.5. The predicted molar refractivity (Wildman–Crippen MR) is 84.0 cm³/mol. The van der Waals surface area contributed by atoms with Crippen LogP contribution < -0.4 is 9.62 Å². The summed E-state index contributed by atoms with van der Waals surface area (Å²) in [6, 6.07) is 2.25. The molecule has 0 saturated carbocycles. The lowest BCUT2D eigenvalue weighted by molar-refractivity contribution is 0.0967. The number of nitrogens with zero attached hydrogens (tertiary/aromatic N) is 1. The van der Waals surface area contributed by atoms with Gasteiger partial charge in [-0.05, 0) is 24.6 Å². The fourth-order valence-electron chi connectivity index (χ4n) is 2.08. The first-order valence-electron chi connectivity index (χ1n) is 6.38. The highest BCUT2D eigenvalue weighted by molar-refractivity contribution is 7.93. The lowest BCUT2D eigenvalue weighted by Gasteiger charge is -2.18. The van der Waals surface area contributed by atoms with E-state index < -0.39 is 21.7 Å². The molecule has 1 amide bonds. The van der Waals surface area contributed by atoms with E-state index in [0.717, 1.165) is 10.4 Å². The molecule has 0 unspecified atom stereocenters. The number of hydrogen-bond donors (Lipinski definition) is 1. The molecule has 1 fully saturated rings. The maximum Gasteiger partial charge on any atom is 0.257 e. The number of anilines is 1. The number of benzene rings is 1. The van der Waals surface area contributed by atoms with E-state index in [2.05, 4.69) is 18.5 Å². The van der Waals surface area contributed by atoms with E-state index in [1.54, 1.807) is 0 Å². The van der Waals surface area contributed by atoms with Gasteiger partial charge in [0, 0.05) is 12.2 Å². The van der Waals surface area contributed by atoms with Crippen molar-refractivity contribution in [3.63, 3.8) is 0 Å². The molecular formula is C14H14ClFN2O3S. The van der Waals surface area contributed by atoms with Gasteiger partial charge in [0.2, 0.25) is 10.0 Å². The highest BCUT2D eigenvalue weighted by Gasteiger charge is 2.30. The minimum absolute atomic E-state index is 0.00789. The zero-order chi connectivity index (χ0) is 16.5. The molecule has 1 aromatic rings. The molecule has 0 atom stereocenters. The molecule has 8 heteroatoms. The monoisotopic (exact) mass is 344 g/mol. The van der Waals surface area contributed by atoms with Crippen LogP contribution in [0.3, 0.4) is 0 Å². The van der Waals surface area contributed by atoms with Crippen LogP contribution in [0.15, 0.2) is 37.1 Å². The van der Waals surface area contributed by atoms with Gasteiger partial charge in [0.1, 0.15) is 5.82 Å². The van der Waals surface area contributed by atoms with Crippen molar-refractivity contribution in [2.24, 2.45) is 0 Å². The van der Waals surface area contributed by atoms with Gasteiger partial charge in [0.15, 0.2) is 0 Å². The first-order chi connectivity index (χ1) is 10.3. The van der Waals surface area contributed by atoms with Crippen molar-refractivity contribution < 1.29 is 17.6 Å². The number of halogens is 2. The van der Waals surface area contributed by atoms with Crippen LogP contribution in [0.4, 0.5) is 10.1 Å². The van der Waals surface area contributed by atoms with Crippen molar-refractivity contribution in [1.29, 1.82) is 0 Å². The molecule has 0 bridgehead atoms. The van der Waals surface area contributed by atoms with Crippen LogP contribution in [0.2, 0.25) is 5.02 Å². The van der Waals surface area contributed by atoms with E-state index in [1.807, 2.05) is 0 Å². The first-order valence-corrected chi connectivity index (χ1v) is 8.37. The van der Waals surface area contributed by atoms with E-state index in [0.29, 0.717) is 6.42 Å². The SMILES string of the molecule is C=CC(=C)NC(=O)c1cc(N2CCCS2(=O)=O)cc(F)c1Cl. The Kier molecular flexibility index (Phi) is 4.58. The maximum atomic E-state index is 13.9. The highest BCUT2D eigenvalue weighted by Crippen LogP contribution is 2.30. The Morgan fingerprint density at radius 3 is 2.68 bits per heavy atom. The number of nitrogens with one attached hydrogen (secondary N) is 1. The minimum Gasteiger partial charge on any atom is -0.323 e.